The van der Waals surface area contributed by atoms with Crippen molar-refractivity contribution in [2.75, 3.05) is 13.2 Å². The molecule has 1 atom stereocenters. The number of aryl methyl sites for hydroxylation is 2. The van der Waals surface area contributed by atoms with Gasteiger partial charge in [0.1, 0.15) is 5.82 Å². The summed E-state index contributed by atoms with van der Waals surface area (Å²) >= 11 is 0. The van der Waals surface area contributed by atoms with Crippen LogP contribution in [0.2, 0.25) is 0 Å². The molecular weight excluding hydrogens is 230 g/mol. The predicted molar refractivity (Wildman–Crippen MR) is 68.3 cm³/mol. The molecule has 0 aromatic carbocycles. The van der Waals surface area contributed by atoms with E-state index in [1.165, 1.54) is 6.42 Å². The van der Waals surface area contributed by atoms with E-state index in [4.69, 9.17) is 9.47 Å². The van der Waals surface area contributed by atoms with Gasteiger partial charge in [-0.2, -0.15) is 5.10 Å². The van der Waals surface area contributed by atoms with Gasteiger partial charge in [0.2, 0.25) is 0 Å². The third-order valence-electron chi connectivity index (χ3n) is 3.17. The zero-order chi connectivity index (χ0) is 12.8. The molecule has 2 heterocycles. The van der Waals surface area contributed by atoms with Crippen LogP contribution in [0.15, 0.2) is 0 Å². The number of hydrogen-bond donors (Lipinski definition) is 0. The zero-order valence-corrected chi connectivity index (χ0v) is 11.4. The van der Waals surface area contributed by atoms with Gasteiger partial charge in [-0.3, -0.25) is 0 Å². The Morgan fingerprint density at radius 1 is 1.33 bits per heavy atom. The molecule has 0 radical (unpaired) electrons. The second-order valence-corrected chi connectivity index (χ2v) is 4.54. The van der Waals surface area contributed by atoms with Gasteiger partial charge in [0, 0.05) is 19.4 Å². The highest BCUT2D eigenvalue weighted by Gasteiger charge is 2.14. The van der Waals surface area contributed by atoms with Crippen molar-refractivity contribution in [2.45, 2.75) is 58.8 Å². The average molecular weight is 253 g/mol. The fraction of sp³-hybridized carbons (Fsp3) is 0.846. The average Bonchev–Trinajstić information content (AvgIpc) is 2.82. The first-order chi connectivity index (χ1) is 8.83. The van der Waals surface area contributed by atoms with Gasteiger partial charge in [-0.1, -0.05) is 13.8 Å². The highest BCUT2D eigenvalue weighted by atomic mass is 16.7. The van der Waals surface area contributed by atoms with Crippen LogP contribution < -0.4 is 0 Å². The molecule has 0 aliphatic carbocycles. The molecule has 1 aromatic heterocycles. The molecule has 102 valence electrons. The van der Waals surface area contributed by atoms with Gasteiger partial charge in [0.15, 0.2) is 12.1 Å². The van der Waals surface area contributed by atoms with Crippen LogP contribution in [0, 0.1) is 0 Å². The van der Waals surface area contributed by atoms with E-state index in [-0.39, 0.29) is 6.29 Å². The SMILES string of the molecule is CCc1nc(CC)n(CCOC2CCCCO2)n1. The lowest BCUT2D eigenvalue weighted by atomic mass is 10.2. The lowest BCUT2D eigenvalue weighted by Gasteiger charge is -2.22. The predicted octanol–water partition coefficient (Wildman–Crippen LogP) is 1.95. The van der Waals surface area contributed by atoms with Crippen molar-refractivity contribution < 1.29 is 9.47 Å². The maximum Gasteiger partial charge on any atom is 0.157 e. The first-order valence-corrected chi connectivity index (χ1v) is 6.99. The van der Waals surface area contributed by atoms with Crippen LogP contribution in [0.5, 0.6) is 0 Å². The first kappa shape index (κ1) is 13.5. The van der Waals surface area contributed by atoms with Crippen LogP contribution in [0.3, 0.4) is 0 Å². The summed E-state index contributed by atoms with van der Waals surface area (Å²) in [7, 11) is 0. The Hall–Kier alpha value is -0.940. The third kappa shape index (κ3) is 3.53. The number of hydrogen-bond acceptors (Lipinski definition) is 4. The summed E-state index contributed by atoms with van der Waals surface area (Å²) in [6.45, 7) is 6.41. The number of rotatable bonds is 6. The Labute approximate surface area is 108 Å². The first-order valence-electron chi connectivity index (χ1n) is 6.99. The van der Waals surface area contributed by atoms with Crippen molar-refractivity contribution in [1.82, 2.24) is 14.8 Å². The second-order valence-electron chi connectivity index (χ2n) is 4.54. The van der Waals surface area contributed by atoms with Crippen molar-refractivity contribution in [3.8, 4) is 0 Å². The van der Waals surface area contributed by atoms with Crippen molar-refractivity contribution in [2.24, 2.45) is 0 Å². The summed E-state index contributed by atoms with van der Waals surface area (Å²) in [5.74, 6) is 1.96. The van der Waals surface area contributed by atoms with E-state index in [0.717, 1.165) is 50.5 Å². The Bertz CT molecular complexity index is 359. The minimum Gasteiger partial charge on any atom is -0.353 e. The molecule has 0 bridgehead atoms. The lowest BCUT2D eigenvalue weighted by molar-refractivity contribution is -0.163. The molecule has 1 aliphatic rings. The molecule has 18 heavy (non-hydrogen) atoms. The summed E-state index contributed by atoms with van der Waals surface area (Å²) in [5, 5.41) is 4.47. The highest BCUT2D eigenvalue weighted by Crippen LogP contribution is 2.13. The Morgan fingerprint density at radius 3 is 2.89 bits per heavy atom. The largest absolute Gasteiger partial charge is 0.353 e. The molecule has 2 rings (SSSR count). The molecule has 0 saturated carbocycles. The Balaban J connectivity index is 1.79. The summed E-state index contributed by atoms with van der Waals surface area (Å²) in [6.07, 6.45) is 5.15. The van der Waals surface area contributed by atoms with E-state index in [1.807, 2.05) is 4.68 Å². The monoisotopic (exact) mass is 253 g/mol. The fourth-order valence-corrected chi connectivity index (χ4v) is 2.13. The number of nitrogens with zero attached hydrogens (tertiary/aromatic N) is 3. The fourth-order valence-electron chi connectivity index (χ4n) is 2.13. The Morgan fingerprint density at radius 2 is 2.22 bits per heavy atom. The standard InChI is InChI=1S/C13H23N3O2/c1-3-11-14-12(4-2)16(15-11)8-10-18-13-7-5-6-9-17-13/h13H,3-10H2,1-2H3. The number of ether oxygens (including phenoxy) is 2. The molecule has 1 aromatic rings. The van der Waals surface area contributed by atoms with Crippen LogP contribution in [0.4, 0.5) is 0 Å². The van der Waals surface area contributed by atoms with Crippen molar-refractivity contribution >= 4 is 0 Å². The highest BCUT2D eigenvalue weighted by molar-refractivity contribution is 4.92. The maximum absolute atomic E-state index is 5.72. The van der Waals surface area contributed by atoms with E-state index in [0.29, 0.717) is 6.61 Å². The van der Waals surface area contributed by atoms with E-state index in [2.05, 4.69) is 23.9 Å². The van der Waals surface area contributed by atoms with Crippen LogP contribution in [0.25, 0.3) is 0 Å². The van der Waals surface area contributed by atoms with Crippen LogP contribution in [-0.4, -0.2) is 34.3 Å². The molecule has 5 heteroatoms. The molecule has 1 fully saturated rings. The summed E-state index contributed by atoms with van der Waals surface area (Å²) in [5.41, 5.74) is 0. The second kappa shape index (κ2) is 6.85. The quantitative estimate of drug-likeness (QED) is 0.777. The molecule has 1 aliphatic heterocycles. The molecule has 0 spiro atoms. The van der Waals surface area contributed by atoms with E-state index in [9.17, 15) is 0 Å². The van der Waals surface area contributed by atoms with E-state index in [1.54, 1.807) is 0 Å². The van der Waals surface area contributed by atoms with Gasteiger partial charge >= 0.3 is 0 Å². The normalized spacial score (nSPS) is 20.2. The van der Waals surface area contributed by atoms with Crippen molar-refractivity contribution in [1.29, 1.82) is 0 Å². The molecule has 1 saturated heterocycles. The van der Waals surface area contributed by atoms with E-state index < -0.39 is 0 Å². The van der Waals surface area contributed by atoms with Gasteiger partial charge in [-0.15, -0.1) is 0 Å². The topological polar surface area (TPSA) is 49.2 Å². The Kier molecular flexibility index (Phi) is 5.13. The summed E-state index contributed by atoms with van der Waals surface area (Å²) in [6, 6.07) is 0. The minimum absolute atomic E-state index is 0.0157. The molecule has 0 N–H and O–H groups in total. The number of aromatic nitrogens is 3. The third-order valence-corrected chi connectivity index (χ3v) is 3.17. The van der Waals surface area contributed by atoms with Gasteiger partial charge < -0.3 is 9.47 Å². The van der Waals surface area contributed by atoms with Crippen LogP contribution >= 0.6 is 0 Å². The minimum atomic E-state index is -0.0157. The molecule has 1 unspecified atom stereocenters. The van der Waals surface area contributed by atoms with Crippen molar-refractivity contribution in [3.63, 3.8) is 0 Å². The van der Waals surface area contributed by atoms with Crippen LogP contribution in [-0.2, 0) is 28.9 Å². The lowest BCUT2D eigenvalue weighted by Crippen LogP contribution is -2.24. The zero-order valence-electron chi connectivity index (χ0n) is 11.4. The molecular formula is C13H23N3O2. The van der Waals surface area contributed by atoms with Gasteiger partial charge in [-0.25, -0.2) is 9.67 Å². The van der Waals surface area contributed by atoms with Gasteiger partial charge in [-0.05, 0) is 19.3 Å². The van der Waals surface area contributed by atoms with Crippen molar-refractivity contribution in [3.05, 3.63) is 11.6 Å². The summed E-state index contributed by atoms with van der Waals surface area (Å²) < 4.78 is 13.2. The smallest absolute Gasteiger partial charge is 0.157 e. The van der Waals surface area contributed by atoms with E-state index >= 15 is 0 Å². The maximum atomic E-state index is 5.72. The van der Waals surface area contributed by atoms with Gasteiger partial charge in [0.25, 0.3) is 0 Å². The van der Waals surface area contributed by atoms with Crippen LogP contribution in [0.1, 0.15) is 44.8 Å². The van der Waals surface area contributed by atoms with Gasteiger partial charge in [0.05, 0.1) is 13.2 Å². The molecule has 5 nitrogen and oxygen atoms in total. The summed E-state index contributed by atoms with van der Waals surface area (Å²) in [4.78, 5) is 4.48. The molecule has 0 amide bonds.